The van der Waals surface area contributed by atoms with E-state index < -0.39 is 42.2 Å². The van der Waals surface area contributed by atoms with Crippen molar-refractivity contribution in [3.8, 4) is 5.75 Å². The van der Waals surface area contributed by atoms with Crippen LogP contribution in [0.25, 0.3) is 5.65 Å². The number of benzene rings is 1. The highest BCUT2D eigenvalue weighted by Gasteiger charge is 2.63. The van der Waals surface area contributed by atoms with Gasteiger partial charge in [0.2, 0.25) is 5.60 Å². The van der Waals surface area contributed by atoms with Crippen LogP contribution in [0.1, 0.15) is 29.3 Å². The topological polar surface area (TPSA) is 46.8 Å². The maximum Gasteiger partial charge on any atom is 0.423 e. The second kappa shape index (κ2) is 6.63. The van der Waals surface area contributed by atoms with Crippen molar-refractivity contribution in [3.63, 3.8) is 0 Å². The molecule has 3 aromatic rings. The molecule has 4 nitrogen and oxygen atoms in total. The Morgan fingerprint density at radius 1 is 1.28 bits per heavy atom. The van der Waals surface area contributed by atoms with Crippen LogP contribution in [0.3, 0.4) is 0 Å². The number of rotatable bonds is 3. The van der Waals surface area contributed by atoms with E-state index in [9.17, 15) is 31.4 Å². The molecule has 0 amide bonds. The number of aromatic nitrogens is 2. The van der Waals surface area contributed by atoms with Crippen LogP contribution in [-0.4, -0.2) is 27.3 Å². The molecule has 0 bridgehead atoms. The van der Waals surface area contributed by atoms with Crippen molar-refractivity contribution < 1.29 is 36.2 Å². The van der Waals surface area contributed by atoms with Gasteiger partial charge < -0.3 is 14.2 Å². The van der Waals surface area contributed by atoms with Gasteiger partial charge in [-0.05, 0) is 22.0 Å². The Morgan fingerprint density at radius 2 is 1.97 bits per heavy atom. The Bertz CT molecular complexity index is 1100. The predicted molar refractivity (Wildman–Crippen MR) is 92.3 cm³/mol. The maximum atomic E-state index is 13.9. The first kappa shape index (κ1) is 20.0. The van der Waals surface area contributed by atoms with Gasteiger partial charge in [-0.1, -0.05) is 18.2 Å². The predicted octanol–water partition coefficient (Wildman–Crippen LogP) is 5.12. The molecule has 2 heterocycles. The lowest BCUT2D eigenvalue weighted by Gasteiger charge is -2.26. The fourth-order valence-electron chi connectivity index (χ4n) is 3.66. The van der Waals surface area contributed by atoms with E-state index in [0.717, 1.165) is 6.07 Å². The van der Waals surface area contributed by atoms with Crippen LogP contribution < -0.4 is 4.74 Å². The van der Waals surface area contributed by atoms with E-state index in [2.05, 4.69) is 25.7 Å². The summed E-state index contributed by atoms with van der Waals surface area (Å²) in [7, 11) is 0. The van der Waals surface area contributed by atoms with Crippen LogP contribution in [0.15, 0.2) is 41.0 Å². The van der Waals surface area contributed by atoms with Crippen LogP contribution >= 0.6 is 15.9 Å². The van der Waals surface area contributed by atoms with Crippen LogP contribution in [0.4, 0.5) is 26.3 Å². The summed E-state index contributed by atoms with van der Waals surface area (Å²) in [5.41, 5.74) is -4.24. The Hall–Kier alpha value is -2.27. The van der Waals surface area contributed by atoms with Gasteiger partial charge >= 0.3 is 12.8 Å². The summed E-state index contributed by atoms with van der Waals surface area (Å²) in [6.45, 7) is -3.19. The van der Waals surface area contributed by atoms with Crippen molar-refractivity contribution in [2.45, 2.75) is 30.7 Å². The Balaban J connectivity index is 2.00. The molecule has 0 radical (unpaired) electrons. The van der Waals surface area contributed by atoms with Crippen molar-refractivity contribution in [2.75, 3.05) is 0 Å². The number of nitrogens with zero attached hydrogens (tertiary/aromatic N) is 2. The molecule has 4 rings (SSSR count). The second-order valence-electron chi connectivity index (χ2n) is 6.57. The maximum absolute atomic E-state index is 13.9. The molecule has 0 spiro atoms. The highest BCUT2D eigenvalue weighted by Crippen LogP contribution is 2.55. The zero-order valence-electron chi connectivity index (χ0n) is 14.2. The van der Waals surface area contributed by atoms with E-state index in [-0.39, 0.29) is 27.1 Å². The van der Waals surface area contributed by atoms with Crippen molar-refractivity contribution in [1.29, 1.82) is 0 Å². The first-order valence-corrected chi connectivity index (χ1v) is 9.02. The van der Waals surface area contributed by atoms with Gasteiger partial charge in [-0.2, -0.15) is 22.0 Å². The van der Waals surface area contributed by atoms with Gasteiger partial charge in [0.05, 0.1) is 10.2 Å². The molecule has 0 fully saturated rings. The monoisotopic (exact) mass is 480 g/mol. The van der Waals surface area contributed by atoms with Gasteiger partial charge in [0.15, 0.2) is 0 Å². The largest absolute Gasteiger partial charge is 0.435 e. The SMILES string of the molecule is O[C@]1(C(F)(F)F)CC(c2ccccc2OC(F)F)c2c1nc1cc(F)c(Br)cn21. The van der Waals surface area contributed by atoms with Crippen molar-refractivity contribution in [1.82, 2.24) is 9.38 Å². The molecule has 29 heavy (non-hydrogen) atoms. The highest BCUT2D eigenvalue weighted by atomic mass is 79.9. The molecular weight excluding hydrogens is 470 g/mol. The number of pyridine rings is 1. The van der Waals surface area contributed by atoms with Gasteiger partial charge in [0.25, 0.3) is 0 Å². The summed E-state index contributed by atoms with van der Waals surface area (Å²) in [5, 5.41) is 10.5. The molecule has 2 aromatic heterocycles. The summed E-state index contributed by atoms with van der Waals surface area (Å²) in [4.78, 5) is 3.82. The van der Waals surface area contributed by atoms with Crippen LogP contribution in [0, 0.1) is 5.82 Å². The van der Waals surface area contributed by atoms with Crippen molar-refractivity contribution in [3.05, 3.63) is 63.8 Å². The van der Waals surface area contributed by atoms with Crippen LogP contribution in [0.2, 0.25) is 0 Å². The minimum Gasteiger partial charge on any atom is -0.435 e. The molecule has 0 saturated carbocycles. The molecule has 154 valence electrons. The number of aliphatic hydroxyl groups is 1. The van der Waals surface area contributed by atoms with E-state index in [1.807, 2.05) is 0 Å². The summed E-state index contributed by atoms with van der Waals surface area (Å²) >= 11 is 2.97. The van der Waals surface area contributed by atoms with E-state index in [1.165, 1.54) is 34.9 Å². The summed E-state index contributed by atoms with van der Waals surface area (Å²) in [5.74, 6) is -2.25. The fraction of sp³-hybridized carbons (Fsp3) is 0.278. The van der Waals surface area contributed by atoms with Gasteiger partial charge in [-0.3, -0.25) is 0 Å². The number of hydrogen-bond donors (Lipinski definition) is 1. The first-order chi connectivity index (χ1) is 13.5. The standard InChI is InChI=1S/C18H11BrF6N2O2/c19-10-7-27-13(5-11(10)20)26-15-14(27)9(6-17(15,28)18(23,24)25)8-3-1-2-4-12(8)29-16(21)22/h1-5,7,9,16,28H,6H2/t9?,17-/m1/s1. The van der Waals surface area contributed by atoms with E-state index >= 15 is 0 Å². The number of hydrogen-bond acceptors (Lipinski definition) is 3. The minimum absolute atomic E-state index is 0.0245. The van der Waals surface area contributed by atoms with Crippen molar-refractivity contribution in [2.24, 2.45) is 0 Å². The molecule has 1 unspecified atom stereocenters. The van der Waals surface area contributed by atoms with Gasteiger partial charge in [-0.25, -0.2) is 9.37 Å². The van der Waals surface area contributed by atoms with Crippen molar-refractivity contribution >= 4 is 21.6 Å². The summed E-state index contributed by atoms with van der Waals surface area (Å²) in [6, 6.07) is 6.31. The molecular formula is C18H11BrF6N2O2. The number of alkyl halides is 5. The Morgan fingerprint density at radius 3 is 2.62 bits per heavy atom. The van der Waals surface area contributed by atoms with Crippen LogP contribution in [-0.2, 0) is 5.60 Å². The zero-order valence-corrected chi connectivity index (χ0v) is 15.8. The smallest absolute Gasteiger partial charge is 0.423 e. The van der Waals surface area contributed by atoms with Gasteiger partial charge in [0, 0.05) is 30.2 Å². The Labute approximate surface area is 167 Å². The van der Waals surface area contributed by atoms with E-state index in [0.29, 0.717) is 0 Å². The molecule has 0 saturated heterocycles. The average molecular weight is 481 g/mol. The third-order valence-electron chi connectivity index (χ3n) is 4.90. The normalized spacial score (nSPS) is 21.8. The van der Waals surface area contributed by atoms with Gasteiger partial charge in [0.1, 0.15) is 22.9 Å². The van der Waals surface area contributed by atoms with Crippen LogP contribution in [0.5, 0.6) is 5.75 Å². The van der Waals surface area contributed by atoms with Gasteiger partial charge in [-0.15, -0.1) is 0 Å². The second-order valence-corrected chi connectivity index (χ2v) is 7.43. The summed E-state index contributed by atoms with van der Waals surface area (Å²) < 4.78 is 86.4. The number of imidazole rings is 1. The molecule has 1 N–H and O–H groups in total. The molecule has 1 aliphatic carbocycles. The zero-order chi connectivity index (χ0) is 21.1. The molecule has 1 aliphatic rings. The lowest BCUT2D eigenvalue weighted by Crippen LogP contribution is -2.40. The highest BCUT2D eigenvalue weighted by molar-refractivity contribution is 9.10. The average Bonchev–Trinajstić information content (AvgIpc) is 3.11. The number of halogens is 7. The minimum atomic E-state index is -5.09. The quantitative estimate of drug-likeness (QED) is 0.529. The lowest BCUT2D eigenvalue weighted by molar-refractivity contribution is -0.267. The molecule has 2 atom stereocenters. The first-order valence-electron chi connectivity index (χ1n) is 8.23. The number of para-hydroxylation sites is 1. The molecule has 0 aliphatic heterocycles. The van der Waals surface area contributed by atoms with E-state index in [4.69, 9.17) is 0 Å². The lowest BCUT2D eigenvalue weighted by atomic mass is 9.91. The Kier molecular flexibility index (Phi) is 4.57. The molecule has 1 aromatic carbocycles. The number of fused-ring (bicyclic) bond motifs is 3. The fourth-order valence-corrected chi connectivity index (χ4v) is 3.98. The molecule has 11 heteroatoms. The summed E-state index contributed by atoms with van der Waals surface area (Å²) in [6.07, 6.45) is -4.79. The number of ether oxygens (including phenoxy) is 1. The van der Waals surface area contributed by atoms with E-state index in [1.54, 1.807) is 0 Å². The third kappa shape index (κ3) is 3.07. The third-order valence-corrected chi connectivity index (χ3v) is 5.49.